The van der Waals surface area contributed by atoms with Gasteiger partial charge in [-0.3, -0.25) is 4.90 Å². The number of hydrogen-bond donors (Lipinski definition) is 1. The van der Waals surface area contributed by atoms with Crippen molar-refractivity contribution in [2.45, 2.75) is 32.7 Å². The summed E-state index contributed by atoms with van der Waals surface area (Å²) in [6.45, 7) is 10.1. The molecule has 1 heterocycles. The predicted molar refractivity (Wildman–Crippen MR) is 64.2 cm³/mol. The van der Waals surface area contributed by atoms with E-state index in [0.29, 0.717) is 6.04 Å². The van der Waals surface area contributed by atoms with Gasteiger partial charge in [0.15, 0.2) is 0 Å². The molecule has 0 aliphatic carbocycles. The van der Waals surface area contributed by atoms with Crippen LogP contribution in [0.2, 0.25) is 0 Å². The van der Waals surface area contributed by atoms with Crippen molar-refractivity contribution in [2.75, 3.05) is 39.9 Å². The summed E-state index contributed by atoms with van der Waals surface area (Å²) in [6, 6.07) is 0.613. The van der Waals surface area contributed by atoms with Crippen molar-refractivity contribution < 1.29 is 4.74 Å². The molecule has 0 radical (unpaired) electrons. The van der Waals surface area contributed by atoms with Gasteiger partial charge in [-0.2, -0.15) is 0 Å². The summed E-state index contributed by atoms with van der Waals surface area (Å²) in [6.07, 6.45) is 2.49. The standard InChI is InChI=1S/C12H26N2O/c1-4-5-12(10-15-3)14-7-6-13-8-11(2)9-14/h11-13H,4-10H2,1-3H3. The highest BCUT2D eigenvalue weighted by Crippen LogP contribution is 2.12. The van der Waals surface area contributed by atoms with Gasteiger partial charge in [0.25, 0.3) is 0 Å². The maximum absolute atomic E-state index is 5.32. The van der Waals surface area contributed by atoms with E-state index in [1.165, 1.54) is 25.9 Å². The second-order valence-corrected chi connectivity index (χ2v) is 4.70. The van der Waals surface area contributed by atoms with Crippen LogP contribution in [0.1, 0.15) is 26.7 Å². The largest absolute Gasteiger partial charge is 0.383 e. The predicted octanol–water partition coefficient (Wildman–Crippen LogP) is 1.34. The van der Waals surface area contributed by atoms with E-state index in [1.54, 1.807) is 0 Å². The molecular formula is C12H26N2O. The summed E-state index contributed by atoms with van der Waals surface area (Å²) in [5.41, 5.74) is 0. The number of nitrogens with one attached hydrogen (secondary N) is 1. The van der Waals surface area contributed by atoms with Gasteiger partial charge in [-0.05, 0) is 18.9 Å². The molecule has 2 atom stereocenters. The van der Waals surface area contributed by atoms with E-state index in [1.807, 2.05) is 7.11 Å². The molecule has 1 saturated heterocycles. The molecule has 2 unspecified atom stereocenters. The molecule has 3 heteroatoms. The second kappa shape index (κ2) is 7.20. The van der Waals surface area contributed by atoms with Gasteiger partial charge in [-0.25, -0.2) is 0 Å². The van der Waals surface area contributed by atoms with Crippen LogP contribution >= 0.6 is 0 Å². The highest BCUT2D eigenvalue weighted by molar-refractivity contribution is 4.77. The third-order valence-corrected chi connectivity index (χ3v) is 3.11. The summed E-state index contributed by atoms with van der Waals surface area (Å²) in [5, 5.41) is 3.48. The van der Waals surface area contributed by atoms with Gasteiger partial charge in [0, 0.05) is 32.8 Å². The number of ether oxygens (including phenoxy) is 1. The third kappa shape index (κ3) is 4.49. The topological polar surface area (TPSA) is 24.5 Å². The van der Waals surface area contributed by atoms with Gasteiger partial charge < -0.3 is 10.1 Å². The first-order valence-corrected chi connectivity index (χ1v) is 6.21. The van der Waals surface area contributed by atoms with Gasteiger partial charge in [-0.15, -0.1) is 0 Å². The quantitative estimate of drug-likeness (QED) is 0.747. The molecular weight excluding hydrogens is 188 g/mol. The van der Waals surface area contributed by atoms with Crippen LogP contribution in [0, 0.1) is 5.92 Å². The minimum atomic E-state index is 0.613. The molecule has 0 aromatic carbocycles. The highest BCUT2D eigenvalue weighted by Gasteiger charge is 2.21. The van der Waals surface area contributed by atoms with Crippen LogP contribution in [0.25, 0.3) is 0 Å². The molecule has 0 aromatic heterocycles. The molecule has 90 valence electrons. The number of hydrogen-bond acceptors (Lipinski definition) is 3. The monoisotopic (exact) mass is 214 g/mol. The number of nitrogens with zero attached hydrogens (tertiary/aromatic N) is 1. The van der Waals surface area contributed by atoms with Gasteiger partial charge in [0.2, 0.25) is 0 Å². The Balaban J connectivity index is 2.47. The molecule has 0 spiro atoms. The molecule has 0 amide bonds. The minimum absolute atomic E-state index is 0.613. The first-order chi connectivity index (χ1) is 7.27. The fourth-order valence-electron chi connectivity index (χ4n) is 2.36. The number of methoxy groups -OCH3 is 1. The van der Waals surface area contributed by atoms with E-state index in [9.17, 15) is 0 Å². The Kier molecular flexibility index (Phi) is 6.22. The first-order valence-electron chi connectivity index (χ1n) is 6.21. The molecule has 1 aliphatic rings. The Hall–Kier alpha value is -0.120. The normalized spacial score (nSPS) is 26.2. The maximum atomic E-state index is 5.32. The lowest BCUT2D eigenvalue weighted by molar-refractivity contribution is 0.0822. The van der Waals surface area contributed by atoms with Crippen LogP contribution in [-0.4, -0.2) is 50.8 Å². The first kappa shape index (κ1) is 12.9. The second-order valence-electron chi connectivity index (χ2n) is 4.70. The summed E-state index contributed by atoms with van der Waals surface area (Å²) in [5.74, 6) is 0.753. The fraction of sp³-hybridized carbons (Fsp3) is 1.00. The van der Waals surface area contributed by atoms with E-state index >= 15 is 0 Å². The van der Waals surface area contributed by atoms with Gasteiger partial charge >= 0.3 is 0 Å². The zero-order valence-corrected chi connectivity index (χ0v) is 10.5. The van der Waals surface area contributed by atoms with Crippen LogP contribution in [0.4, 0.5) is 0 Å². The Labute approximate surface area is 94.2 Å². The van der Waals surface area contributed by atoms with Crippen LogP contribution in [-0.2, 0) is 4.74 Å². The Morgan fingerprint density at radius 1 is 1.53 bits per heavy atom. The smallest absolute Gasteiger partial charge is 0.0618 e. The average Bonchev–Trinajstić information content (AvgIpc) is 2.42. The van der Waals surface area contributed by atoms with Crippen molar-refractivity contribution in [3.8, 4) is 0 Å². The fourth-order valence-corrected chi connectivity index (χ4v) is 2.36. The molecule has 1 fully saturated rings. The minimum Gasteiger partial charge on any atom is -0.383 e. The molecule has 1 rings (SSSR count). The van der Waals surface area contributed by atoms with Crippen LogP contribution in [0.3, 0.4) is 0 Å². The van der Waals surface area contributed by atoms with E-state index in [4.69, 9.17) is 4.74 Å². The van der Waals surface area contributed by atoms with E-state index < -0.39 is 0 Å². The summed E-state index contributed by atoms with van der Waals surface area (Å²) in [4.78, 5) is 2.59. The van der Waals surface area contributed by atoms with Crippen LogP contribution in [0.5, 0.6) is 0 Å². The van der Waals surface area contributed by atoms with E-state index in [0.717, 1.165) is 25.6 Å². The Bertz CT molecular complexity index is 158. The molecule has 0 aromatic rings. The Morgan fingerprint density at radius 3 is 3.00 bits per heavy atom. The zero-order valence-electron chi connectivity index (χ0n) is 10.5. The SMILES string of the molecule is CCCC(COC)N1CCNCC(C)C1. The maximum Gasteiger partial charge on any atom is 0.0618 e. The lowest BCUT2D eigenvalue weighted by atomic mass is 10.1. The van der Waals surface area contributed by atoms with Crippen LogP contribution in [0.15, 0.2) is 0 Å². The van der Waals surface area contributed by atoms with Gasteiger partial charge in [0.05, 0.1) is 6.61 Å². The summed E-state index contributed by atoms with van der Waals surface area (Å²) in [7, 11) is 1.81. The van der Waals surface area contributed by atoms with Crippen molar-refractivity contribution in [3.05, 3.63) is 0 Å². The summed E-state index contributed by atoms with van der Waals surface area (Å²) >= 11 is 0. The van der Waals surface area contributed by atoms with Crippen molar-refractivity contribution in [3.63, 3.8) is 0 Å². The molecule has 3 nitrogen and oxygen atoms in total. The Morgan fingerprint density at radius 2 is 2.33 bits per heavy atom. The van der Waals surface area contributed by atoms with E-state index in [-0.39, 0.29) is 0 Å². The lowest BCUT2D eigenvalue weighted by Crippen LogP contribution is -2.41. The van der Waals surface area contributed by atoms with Gasteiger partial charge in [-0.1, -0.05) is 20.3 Å². The lowest BCUT2D eigenvalue weighted by Gasteiger charge is -2.31. The van der Waals surface area contributed by atoms with Crippen LogP contribution < -0.4 is 5.32 Å². The highest BCUT2D eigenvalue weighted by atomic mass is 16.5. The van der Waals surface area contributed by atoms with Crippen molar-refractivity contribution in [2.24, 2.45) is 5.92 Å². The van der Waals surface area contributed by atoms with Crippen molar-refractivity contribution >= 4 is 0 Å². The average molecular weight is 214 g/mol. The molecule has 1 aliphatic heterocycles. The molecule has 0 bridgehead atoms. The molecule has 1 N–H and O–H groups in total. The van der Waals surface area contributed by atoms with Crippen molar-refractivity contribution in [1.29, 1.82) is 0 Å². The molecule has 0 saturated carbocycles. The third-order valence-electron chi connectivity index (χ3n) is 3.11. The molecule has 15 heavy (non-hydrogen) atoms. The van der Waals surface area contributed by atoms with Crippen molar-refractivity contribution in [1.82, 2.24) is 10.2 Å². The zero-order chi connectivity index (χ0) is 11.1. The number of rotatable bonds is 5. The van der Waals surface area contributed by atoms with E-state index in [2.05, 4.69) is 24.1 Å². The summed E-state index contributed by atoms with van der Waals surface area (Å²) < 4.78 is 5.32. The van der Waals surface area contributed by atoms with Gasteiger partial charge in [0.1, 0.15) is 0 Å².